The zero-order chi connectivity index (χ0) is 21.5. The van der Waals surface area contributed by atoms with Crippen molar-refractivity contribution in [1.29, 1.82) is 0 Å². The Morgan fingerprint density at radius 1 is 1.23 bits per heavy atom. The zero-order valence-electron chi connectivity index (χ0n) is 15.8. The molecule has 1 aromatic heterocycles. The normalized spacial score (nSPS) is 14.3. The van der Waals surface area contributed by atoms with Crippen LogP contribution in [-0.4, -0.2) is 37.4 Å². The highest BCUT2D eigenvalue weighted by Gasteiger charge is 2.28. The summed E-state index contributed by atoms with van der Waals surface area (Å²) in [5.74, 6) is -0.769. The highest BCUT2D eigenvalue weighted by Crippen LogP contribution is 2.30. The predicted octanol–water partition coefficient (Wildman–Crippen LogP) is 3.20. The van der Waals surface area contributed by atoms with Gasteiger partial charge in [-0.15, -0.1) is 0 Å². The third kappa shape index (κ3) is 4.12. The summed E-state index contributed by atoms with van der Waals surface area (Å²) in [5, 5.41) is 2.61. The molecule has 11 heteroatoms. The lowest BCUT2D eigenvalue weighted by molar-refractivity contribution is 0.102. The second-order valence-electron chi connectivity index (χ2n) is 6.87. The fourth-order valence-corrected chi connectivity index (χ4v) is 4.24. The van der Waals surface area contributed by atoms with E-state index in [1.807, 2.05) is 0 Å². The summed E-state index contributed by atoms with van der Waals surface area (Å²) in [4.78, 5) is 18.9. The number of imidazole rings is 1. The maximum Gasteiger partial charge on any atom is 0.295 e. The number of carbonyl (C=O) groups excluding carboxylic acids is 1. The Hall–Kier alpha value is -3.05. The van der Waals surface area contributed by atoms with Gasteiger partial charge in [0.2, 0.25) is 10.0 Å². The lowest BCUT2D eigenvalue weighted by Gasteiger charge is -2.13. The van der Waals surface area contributed by atoms with E-state index in [1.165, 1.54) is 43.5 Å². The molecule has 1 aliphatic rings. The number of fused-ring (bicyclic) bond motifs is 1. The highest BCUT2D eigenvalue weighted by molar-refractivity contribution is 7.89. The van der Waals surface area contributed by atoms with Crippen molar-refractivity contribution >= 4 is 32.7 Å². The van der Waals surface area contributed by atoms with Crippen molar-refractivity contribution in [3.63, 3.8) is 0 Å². The van der Waals surface area contributed by atoms with E-state index in [0.717, 1.165) is 12.8 Å². The molecule has 0 spiro atoms. The molecular weight excluding hydrogens is 418 g/mol. The summed E-state index contributed by atoms with van der Waals surface area (Å²) < 4.78 is 58.3. The minimum Gasteiger partial charge on any atom is -0.495 e. The quantitative estimate of drug-likeness (QED) is 0.526. The van der Waals surface area contributed by atoms with E-state index in [9.17, 15) is 22.0 Å². The monoisotopic (exact) mass is 436 g/mol. The lowest BCUT2D eigenvalue weighted by Crippen LogP contribution is -2.25. The number of nitrogens with one attached hydrogen (secondary N) is 3. The number of amides is 1. The number of H-pyrrole nitrogens is 1. The van der Waals surface area contributed by atoms with Crippen LogP contribution in [0.2, 0.25) is 0 Å². The first kappa shape index (κ1) is 20.2. The molecule has 3 N–H and O–H groups in total. The molecule has 1 heterocycles. The molecule has 4 rings (SSSR count). The van der Waals surface area contributed by atoms with Gasteiger partial charge in [-0.25, -0.2) is 26.9 Å². The van der Waals surface area contributed by atoms with Gasteiger partial charge in [-0.1, -0.05) is 0 Å². The first-order valence-electron chi connectivity index (χ1n) is 9.06. The van der Waals surface area contributed by atoms with Crippen molar-refractivity contribution in [3.05, 3.63) is 47.8 Å². The first-order valence-corrected chi connectivity index (χ1v) is 10.5. The summed E-state index contributed by atoms with van der Waals surface area (Å²) in [6.07, 6.45) is -1.17. The van der Waals surface area contributed by atoms with Crippen molar-refractivity contribution in [2.75, 3.05) is 12.4 Å². The van der Waals surface area contributed by atoms with Crippen LogP contribution in [-0.2, 0) is 10.0 Å². The second-order valence-corrected chi connectivity index (χ2v) is 8.58. The minimum atomic E-state index is -3.72. The van der Waals surface area contributed by atoms with Crippen molar-refractivity contribution in [2.24, 2.45) is 0 Å². The van der Waals surface area contributed by atoms with E-state index >= 15 is 0 Å². The molecule has 0 radical (unpaired) electrons. The Kier molecular flexibility index (Phi) is 5.16. The van der Waals surface area contributed by atoms with Crippen LogP contribution in [0.15, 0.2) is 41.3 Å². The number of ether oxygens (including phenoxy) is 1. The van der Waals surface area contributed by atoms with Gasteiger partial charge in [0.25, 0.3) is 12.3 Å². The Bertz CT molecular complexity index is 1220. The summed E-state index contributed by atoms with van der Waals surface area (Å²) in [6, 6.07) is 8.37. The van der Waals surface area contributed by atoms with Gasteiger partial charge in [0.05, 0.1) is 28.7 Å². The molecular formula is C19H18F2N4O4S. The fourth-order valence-electron chi connectivity index (χ4n) is 2.91. The molecule has 1 fully saturated rings. The van der Waals surface area contributed by atoms with Crippen LogP contribution in [0.1, 0.15) is 35.4 Å². The standard InChI is InChI=1S/C19H18F2N4O4S/c1-29-16-7-5-12(30(27,28)25-11-3-4-11)9-15(16)24-19(26)10-2-6-13-14(8-10)23-18(22-13)17(20)21/h2,5-9,11,17,25H,3-4H2,1H3,(H,22,23)(H,24,26). The van der Waals surface area contributed by atoms with Crippen LogP contribution >= 0.6 is 0 Å². The van der Waals surface area contributed by atoms with Gasteiger partial charge in [0.1, 0.15) is 5.75 Å². The molecule has 0 bridgehead atoms. The predicted molar refractivity (Wildman–Crippen MR) is 105 cm³/mol. The number of halogens is 2. The Morgan fingerprint density at radius 3 is 2.67 bits per heavy atom. The number of aromatic amines is 1. The molecule has 0 unspecified atom stereocenters. The van der Waals surface area contributed by atoms with E-state index in [1.54, 1.807) is 0 Å². The van der Waals surface area contributed by atoms with Gasteiger partial charge >= 0.3 is 0 Å². The molecule has 0 aliphatic heterocycles. The van der Waals surface area contributed by atoms with Crippen molar-refractivity contribution < 1.29 is 26.7 Å². The molecule has 0 atom stereocenters. The third-order valence-corrected chi connectivity index (χ3v) is 6.12. The smallest absolute Gasteiger partial charge is 0.295 e. The molecule has 1 aliphatic carbocycles. The number of benzene rings is 2. The molecule has 2 aromatic carbocycles. The average molecular weight is 436 g/mol. The molecule has 0 saturated heterocycles. The Morgan fingerprint density at radius 2 is 2.00 bits per heavy atom. The van der Waals surface area contributed by atoms with Gasteiger partial charge in [-0.2, -0.15) is 0 Å². The van der Waals surface area contributed by atoms with Crippen LogP contribution in [0.4, 0.5) is 14.5 Å². The minimum absolute atomic E-state index is 0.00362. The molecule has 30 heavy (non-hydrogen) atoms. The molecule has 3 aromatic rings. The fraction of sp³-hybridized carbons (Fsp3) is 0.263. The van der Waals surface area contributed by atoms with Gasteiger partial charge < -0.3 is 15.0 Å². The summed E-state index contributed by atoms with van der Waals surface area (Å²) in [7, 11) is -2.33. The van der Waals surface area contributed by atoms with E-state index in [-0.39, 0.29) is 33.5 Å². The molecule has 158 valence electrons. The van der Waals surface area contributed by atoms with Gasteiger partial charge in [0, 0.05) is 11.6 Å². The number of hydrogen-bond donors (Lipinski definition) is 3. The topological polar surface area (TPSA) is 113 Å². The summed E-state index contributed by atoms with van der Waals surface area (Å²) >= 11 is 0. The van der Waals surface area contributed by atoms with Crippen LogP contribution in [0.5, 0.6) is 5.75 Å². The number of hydrogen-bond acceptors (Lipinski definition) is 5. The number of rotatable bonds is 7. The van der Waals surface area contributed by atoms with Crippen LogP contribution in [0.3, 0.4) is 0 Å². The van der Waals surface area contributed by atoms with Crippen LogP contribution in [0, 0.1) is 0 Å². The lowest BCUT2D eigenvalue weighted by atomic mass is 10.2. The number of alkyl halides is 2. The van der Waals surface area contributed by atoms with E-state index in [4.69, 9.17) is 4.74 Å². The first-order chi connectivity index (χ1) is 14.3. The van der Waals surface area contributed by atoms with E-state index < -0.39 is 28.2 Å². The highest BCUT2D eigenvalue weighted by atomic mass is 32.2. The van der Waals surface area contributed by atoms with Crippen LogP contribution < -0.4 is 14.8 Å². The van der Waals surface area contributed by atoms with Crippen LogP contribution in [0.25, 0.3) is 11.0 Å². The van der Waals surface area contributed by atoms with Gasteiger partial charge in [-0.3, -0.25) is 4.79 Å². The zero-order valence-corrected chi connectivity index (χ0v) is 16.6. The SMILES string of the molecule is COc1ccc(S(=O)(=O)NC2CC2)cc1NC(=O)c1ccc2nc(C(F)F)[nH]c2c1. The molecule has 1 amide bonds. The van der Waals surface area contributed by atoms with Crippen molar-refractivity contribution in [1.82, 2.24) is 14.7 Å². The number of aromatic nitrogens is 2. The molecule has 8 nitrogen and oxygen atoms in total. The van der Waals surface area contributed by atoms with Crippen molar-refractivity contribution in [3.8, 4) is 5.75 Å². The number of carbonyl (C=O) groups is 1. The maximum absolute atomic E-state index is 12.8. The number of anilines is 1. The van der Waals surface area contributed by atoms with E-state index in [2.05, 4.69) is 20.0 Å². The molecule has 1 saturated carbocycles. The second kappa shape index (κ2) is 7.65. The van der Waals surface area contributed by atoms with Gasteiger partial charge in [0.15, 0.2) is 5.82 Å². The van der Waals surface area contributed by atoms with E-state index in [0.29, 0.717) is 5.52 Å². The summed E-state index contributed by atoms with van der Waals surface area (Å²) in [5.41, 5.74) is 0.936. The Labute approximate surface area is 170 Å². The summed E-state index contributed by atoms with van der Waals surface area (Å²) in [6.45, 7) is 0. The third-order valence-electron chi connectivity index (χ3n) is 4.60. The van der Waals surface area contributed by atoms with Gasteiger partial charge in [-0.05, 0) is 49.2 Å². The number of sulfonamides is 1. The average Bonchev–Trinajstić information content (AvgIpc) is 3.40. The maximum atomic E-state index is 12.8. The number of methoxy groups -OCH3 is 1. The van der Waals surface area contributed by atoms with Crippen molar-refractivity contribution in [2.45, 2.75) is 30.2 Å². The Balaban J connectivity index is 1.61. The number of nitrogens with zero attached hydrogens (tertiary/aromatic N) is 1. The largest absolute Gasteiger partial charge is 0.495 e.